The van der Waals surface area contributed by atoms with E-state index in [0.717, 1.165) is 44.7 Å². The van der Waals surface area contributed by atoms with E-state index in [0.29, 0.717) is 17.7 Å². The van der Waals surface area contributed by atoms with Gasteiger partial charge in [-0.15, -0.1) is 0 Å². The van der Waals surface area contributed by atoms with Crippen molar-refractivity contribution in [1.29, 1.82) is 0 Å². The van der Waals surface area contributed by atoms with Crippen LogP contribution in [0.2, 0.25) is 0 Å². The molecule has 1 unspecified atom stereocenters. The van der Waals surface area contributed by atoms with E-state index in [2.05, 4.69) is 24.0 Å². The molecule has 1 saturated carbocycles. The van der Waals surface area contributed by atoms with E-state index in [4.69, 9.17) is 4.74 Å². The summed E-state index contributed by atoms with van der Waals surface area (Å²) in [5.74, 6) is 2.12. The molecule has 1 aromatic rings. The van der Waals surface area contributed by atoms with Gasteiger partial charge >= 0.3 is 0 Å². The molecule has 1 aromatic carbocycles. The second-order valence-corrected chi connectivity index (χ2v) is 6.90. The van der Waals surface area contributed by atoms with Gasteiger partial charge < -0.3 is 9.64 Å². The number of hydrogen-bond donors (Lipinski definition) is 0. The molecule has 2 fully saturated rings. The van der Waals surface area contributed by atoms with Gasteiger partial charge in [-0.25, -0.2) is 0 Å². The molecule has 0 bridgehead atoms. The van der Waals surface area contributed by atoms with Crippen LogP contribution >= 0.6 is 0 Å². The summed E-state index contributed by atoms with van der Waals surface area (Å²) < 4.78 is 5.94. The van der Waals surface area contributed by atoms with Crippen LogP contribution in [0.5, 0.6) is 5.75 Å². The topological polar surface area (TPSA) is 29.5 Å². The summed E-state index contributed by atoms with van der Waals surface area (Å²) in [6, 6.07) is 8.19. The van der Waals surface area contributed by atoms with E-state index >= 15 is 0 Å². The van der Waals surface area contributed by atoms with E-state index in [-0.39, 0.29) is 0 Å². The molecule has 0 radical (unpaired) electrons. The average Bonchev–Trinajstić information content (AvgIpc) is 3.07. The SMILES string of the molecule is Cc1cccc(OCC2CCCN(C(=O)C3CCCC3)C2)c1. The van der Waals surface area contributed by atoms with Crippen molar-refractivity contribution < 1.29 is 9.53 Å². The van der Waals surface area contributed by atoms with Gasteiger partial charge in [-0.3, -0.25) is 4.79 Å². The van der Waals surface area contributed by atoms with E-state index in [1.807, 2.05) is 12.1 Å². The number of carbonyl (C=O) groups excluding carboxylic acids is 1. The maximum Gasteiger partial charge on any atom is 0.225 e. The minimum Gasteiger partial charge on any atom is -0.493 e. The van der Waals surface area contributed by atoms with Crippen LogP contribution in [0.15, 0.2) is 24.3 Å². The second kappa shape index (κ2) is 7.17. The van der Waals surface area contributed by atoms with Crippen LogP contribution < -0.4 is 4.74 Å². The Hall–Kier alpha value is -1.51. The fourth-order valence-corrected chi connectivity index (χ4v) is 3.75. The number of benzene rings is 1. The maximum absolute atomic E-state index is 12.5. The van der Waals surface area contributed by atoms with Crippen molar-refractivity contribution in [2.75, 3.05) is 19.7 Å². The quantitative estimate of drug-likeness (QED) is 0.846. The number of hydrogen-bond acceptors (Lipinski definition) is 2. The summed E-state index contributed by atoms with van der Waals surface area (Å²) in [4.78, 5) is 14.7. The number of carbonyl (C=O) groups is 1. The highest BCUT2D eigenvalue weighted by Crippen LogP contribution is 2.28. The van der Waals surface area contributed by atoms with Crippen LogP contribution in [0.4, 0.5) is 0 Å². The summed E-state index contributed by atoms with van der Waals surface area (Å²) >= 11 is 0. The molecular weight excluding hydrogens is 274 g/mol. The van der Waals surface area contributed by atoms with E-state index in [1.165, 1.54) is 24.8 Å². The summed E-state index contributed by atoms with van der Waals surface area (Å²) in [7, 11) is 0. The standard InChI is InChI=1S/C19H27NO2/c1-15-6-4-10-18(12-15)22-14-16-7-5-11-20(13-16)19(21)17-8-2-3-9-17/h4,6,10,12,16-17H,2-3,5,7-9,11,13-14H2,1H3. The zero-order valence-corrected chi connectivity index (χ0v) is 13.6. The van der Waals surface area contributed by atoms with Crippen LogP contribution in [0, 0.1) is 18.8 Å². The molecule has 120 valence electrons. The maximum atomic E-state index is 12.5. The number of nitrogens with zero attached hydrogens (tertiary/aromatic N) is 1. The lowest BCUT2D eigenvalue weighted by atomic mass is 9.96. The van der Waals surface area contributed by atoms with Gasteiger partial charge in [0.05, 0.1) is 6.61 Å². The largest absolute Gasteiger partial charge is 0.493 e. The first-order valence-electron chi connectivity index (χ1n) is 8.70. The molecule has 1 aliphatic carbocycles. The molecule has 0 N–H and O–H groups in total. The first kappa shape index (κ1) is 15.4. The smallest absolute Gasteiger partial charge is 0.225 e. The van der Waals surface area contributed by atoms with Crippen LogP contribution in [-0.4, -0.2) is 30.5 Å². The number of ether oxygens (including phenoxy) is 1. The Bertz CT molecular complexity index is 508. The summed E-state index contributed by atoms with van der Waals surface area (Å²) in [6.07, 6.45) is 6.93. The van der Waals surface area contributed by atoms with Crippen LogP contribution in [-0.2, 0) is 4.79 Å². The molecule has 3 heteroatoms. The van der Waals surface area contributed by atoms with Gasteiger partial charge in [-0.1, -0.05) is 25.0 Å². The van der Waals surface area contributed by atoms with E-state index < -0.39 is 0 Å². The Morgan fingerprint density at radius 2 is 2.05 bits per heavy atom. The summed E-state index contributed by atoms with van der Waals surface area (Å²) in [5, 5.41) is 0. The monoisotopic (exact) mass is 301 g/mol. The lowest BCUT2D eigenvalue weighted by Gasteiger charge is -2.34. The Morgan fingerprint density at radius 1 is 1.23 bits per heavy atom. The van der Waals surface area contributed by atoms with Gasteiger partial charge in [0.2, 0.25) is 5.91 Å². The van der Waals surface area contributed by atoms with Gasteiger partial charge in [0.1, 0.15) is 5.75 Å². The fourth-order valence-electron chi connectivity index (χ4n) is 3.75. The molecule has 1 atom stereocenters. The van der Waals surface area contributed by atoms with Crippen molar-refractivity contribution in [1.82, 2.24) is 4.90 Å². The molecule has 1 aliphatic heterocycles. The van der Waals surface area contributed by atoms with Gasteiger partial charge in [0.25, 0.3) is 0 Å². The minimum atomic E-state index is 0.302. The normalized spacial score (nSPS) is 22.8. The molecule has 1 saturated heterocycles. The molecule has 2 aliphatic rings. The Morgan fingerprint density at radius 3 is 2.82 bits per heavy atom. The number of likely N-dealkylation sites (tertiary alicyclic amines) is 1. The predicted molar refractivity (Wildman–Crippen MR) is 87.9 cm³/mol. The van der Waals surface area contributed by atoms with E-state index in [1.54, 1.807) is 0 Å². The molecule has 3 nitrogen and oxygen atoms in total. The number of amides is 1. The highest BCUT2D eigenvalue weighted by molar-refractivity contribution is 5.79. The Balaban J connectivity index is 1.51. The second-order valence-electron chi connectivity index (χ2n) is 6.90. The minimum absolute atomic E-state index is 0.302. The average molecular weight is 301 g/mol. The van der Waals surface area contributed by atoms with Crippen LogP contribution in [0.3, 0.4) is 0 Å². The lowest BCUT2D eigenvalue weighted by Crippen LogP contribution is -2.43. The van der Waals surface area contributed by atoms with Crippen molar-refractivity contribution in [3.05, 3.63) is 29.8 Å². The van der Waals surface area contributed by atoms with Crippen molar-refractivity contribution in [3.8, 4) is 5.75 Å². The van der Waals surface area contributed by atoms with E-state index in [9.17, 15) is 4.79 Å². The van der Waals surface area contributed by atoms with Crippen molar-refractivity contribution in [3.63, 3.8) is 0 Å². The zero-order valence-electron chi connectivity index (χ0n) is 13.6. The molecule has 1 amide bonds. The summed E-state index contributed by atoms with van der Waals surface area (Å²) in [5.41, 5.74) is 1.22. The number of rotatable bonds is 4. The molecule has 1 heterocycles. The lowest BCUT2D eigenvalue weighted by molar-refractivity contribution is -0.137. The van der Waals surface area contributed by atoms with Crippen molar-refractivity contribution in [2.45, 2.75) is 45.4 Å². The first-order valence-corrected chi connectivity index (χ1v) is 8.70. The predicted octanol–water partition coefficient (Wildman–Crippen LogP) is 3.80. The third kappa shape index (κ3) is 3.82. The van der Waals surface area contributed by atoms with Crippen molar-refractivity contribution >= 4 is 5.91 Å². The third-order valence-electron chi connectivity index (χ3n) is 5.01. The first-order chi connectivity index (χ1) is 10.7. The third-order valence-corrected chi connectivity index (χ3v) is 5.01. The van der Waals surface area contributed by atoms with Gasteiger partial charge in [-0.2, -0.15) is 0 Å². The number of aryl methyl sites for hydroxylation is 1. The Kier molecular flexibility index (Phi) is 5.01. The fraction of sp³-hybridized carbons (Fsp3) is 0.632. The highest BCUT2D eigenvalue weighted by atomic mass is 16.5. The molecular formula is C19H27NO2. The van der Waals surface area contributed by atoms with Crippen LogP contribution in [0.25, 0.3) is 0 Å². The zero-order chi connectivity index (χ0) is 15.4. The Labute approximate surface area is 133 Å². The molecule has 0 aromatic heterocycles. The van der Waals surface area contributed by atoms with Gasteiger partial charge in [0, 0.05) is 24.9 Å². The van der Waals surface area contributed by atoms with Crippen LogP contribution in [0.1, 0.15) is 44.1 Å². The van der Waals surface area contributed by atoms with Gasteiger partial charge in [-0.05, 0) is 50.3 Å². The summed E-state index contributed by atoms with van der Waals surface area (Å²) in [6.45, 7) is 4.62. The molecule has 3 rings (SSSR count). The highest BCUT2D eigenvalue weighted by Gasteiger charge is 2.30. The molecule has 0 spiro atoms. The van der Waals surface area contributed by atoms with Crippen molar-refractivity contribution in [2.24, 2.45) is 11.8 Å². The van der Waals surface area contributed by atoms with Gasteiger partial charge in [0.15, 0.2) is 0 Å². The molecule has 22 heavy (non-hydrogen) atoms. The number of piperidine rings is 1.